The van der Waals surface area contributed by atoms with Gasteiger partial charge in [-0.3, -0.25) is 0 Å². The van der Waals surface area contributed by atoms with Gasteiger partial charge in [-0.05, 0) is 42.5 Å². The van der Waals surface area contributed by atoms with Crippen LogP contribution in [0.25, 0.3) is 0 Å². The molecule has 0 spiro atoms. The second kappa shape index (κ2) is 4.86. The number of phenolic OH excluding ortho intramolecular Hbond substituents is 1. The van der Waals surface area contributed by atoms with Gasteiger partial charge in [-0.1, -0.05) is 25.4 Å². The first-order valence-corrected chi connectivity index (χ1v) is 5.56. The van der Waals surface area contributed by atoms with Crippen LogP contribution >= 0.6 is 11.6 Å². The fourth-order valence-electron chi connectivity index (χ4n) is 1.62. The molecule has 0 saturated heterocycles. The van der Waals surface area contributed by atoms with Gasteiger partial charge in [-0.15, -0.1) is 0 Å². The summed E-state index contributed by atoms with van der Waals surface area (Å²) in [6.45, 7) is 5.97. The van der Waals surface area contributed by atoms with E-state index < -0.39 is 0 Å². The molecular formula is C12H18ClNO. The maximum absolute atomic E-state index is 10.0. The molecule has 0 saturated carbocycles. The van der Waals surface area contributed by atoms with Gasteiger partial charge in [0.05, 0.1) is 0 Å². The van der Waals surface area contributed by atoms with Crippen LogP contribution in [0, 0.1) is 0 Å². The van der Waals surface area contributed by atoms with Crippen LogP contribution < -0.4 is 5.73 Å². The molecule has 0 heterocycles. The third kappa shape index (κ3) is 3.11. The van der Waals surface area contributed by atoms with E-state index in [0.717, 1.165) is 11.1 Å². The van der Waals surface area contributed by atoms with E-state index in [4.69, 9.17) is 17.3 Å². The number of aromatic hydroxyl groups is 1. The largest absolute Gasteiger partial charge is 0.507 e. The summed E-state index contributed by atoms with van der Waals surface area (Å²) in [5.74, 6) is 0.599. The summed E-state index contributed by atoms with van der Waals surface area (Å²) in [6.07, 6.45) is 0.645. The Hall–Kier alpha value is -0.730. The van der Waals surface area contributed by atoms with Gasteiger partial charge in [0.15, 0.2) is 0 Å². The van der Waals surface area contributed by atoms with E-state index in [-0.39, 0.29) is 12.0 Å². The molecule has 0 fully saturated rings. The summed E-state index contributed by atoms with van der Waals surface area (Å²) in [7, 11) is 0. The highest BCUT2D eigenvalue weighted by Crippen LogP contribution is 2.32. The van der Waals surface area contributed by atoms with Crippen LogP contribution in [-0.2, 0) is 6.42 Å². The molecule has 1 unspecified atom stereocenters. The van der Waals surface area contributed by atoms with Gasteiger partial charge in [0, 0.05) is 11.1 Å². The molecule has 0 aromatic heterocycles. The van der Waals surface area contributed by atoms with Gasteiger partial charge in [-0.25, -0.2) is 0 Å². The van der Waals surface area contributed by atoms with E-state index in [0.29, 0.717) is 17.2 Å². The molecule has 0 radical (unpaired) electrons. The van der Waals surface area contributed by atoms with Crippen molar-refractivity contribution < 1.29 is 5.11 Å². The number of nitrogens with two attached hydrogens (primary N) is 1. The molecule has 1 rings (SSSR count). The fraction of sp³-hybridized carbons (Fsp3) is 0.500. The average Bonchev–Trinajstić information content (AvgIpc) is 2.09. The SMILES string of the molecule is CC(N)Cc1cc(Cl)cc(C(C)C)c1O. The first kappa shape index (κ1) is 12.3. The van der Waals surface area contributed by atoms with Crippen molar-refractivity contribution in [3.63, 3.8) is 0 Å². The molecule has 3 N–H and O–H groups in total. The molecule has 1 atom stereocenters. The van der Waals surface area contributed by atoms with Crippen LogP contribution in [0.3, 0.4) is 0 Å². The quantitative estimate of drug-likeness (QED) is 0.834. The Kier molecular flexibility index (Phi) is 4.00. The van der Waals surface area contributed by atoms with E-state index in [1.54, 1.807) is 6.07 Å². The predicted molar refractivity (Wildman–Crippen MR) is 64.6 cm³/mol. The zero-order chi connectivity index (χ0) is 11.6. The van der Waals surface area contributed by atoms with Crippen LogP contribution in [0.1, 0.15) is 37.8 Å². The van der Waals surface area contributed by atoms with Crippen LogP contribution in [0.4, 0.5) is 0 Å². The Morgan fingerprint density at radius 1 is 1.33 bits per heavy atom. The maximum Gasteiger partial charge on any atom is 0.122 e. The first-order chi connectivity index (χ1) is 6.91. The van der Waals surface area contributed by atoms with Crippen molar-refractivity contribution in [3.05, 3.63) is 28.3 Å². The Bertz CT molecular complexity index is 348. The summed E-state index contributed by atoms with van der Waals surface area (Å²) in [6, 6.07) is 3.62. The van der Waals surface area contributed by atoms with Crippen LogP contribution in [0.5, 0.6) is 5.75 Å². The first-order valence-electron chi connectivity index (χ1n) is 5.18. The summed E-state index contributed by atoms with van der Waals surface area (Å²) >= 11 is 6.00. The molecule has 84 valence electrons. The standard InChI is InChI=1S/C12H18ClNO/c1-7(2)11-6-10(13)5-9(12(11)15)4-8(3)14/h5-8,15H,4,14H2,1-3H3. The number of hydrogen-bond donors (Lipinski definition) is 2. The topological polar surface area (TPSA) is 46.2 Å². The van der Waals surface area contributed by atoms with Crippen LogP contribution in [0.15, 0.2) is 12.1 Å². The average molecular weight is 228 g/mol. The number of rotatable bonds is 3. The van der Waals surface area contributed by atoms with E-state index in [1.807, 2.05) is 26.8 Å². The summed E-state index contributed by atoms with van der Waals surface area (Å²) < 4.78 is 0. The molecule has 0 bridgehead atoms. The van der Waals surface area contributed by atoms with Gasteiger partial charge < -0.3 is 10.8 Å². The van der Waals surface area contributed by atoms with Crippen molar-refractivity contribution in [1.82, 2.24) is 0 Å². The smallest absolute Gasteiger partial charge is 0.122 e. The minimum absolute atomic E-state index is 0.0226. The number of hydrogen-bond acceptors (Lipinski definition) is 2. The van der Waals surface area contributed by atoms with Crippen molar-refractivity contribution in [3.8, 4) is 5.75 Å². The van der Waals surface area contributed by atoms with E-state index >= 15 is 0 Å². The lowest BCUT2D eigenvalue weighted by Crippen LogP contribution is -2.18. The summed E-state index contributed by atoms with van der Waals surface area (Å²) in [5.41, 5.74) is 7.44. The lowest BCUT2D eigenvalue weighted by molar-refractivity contribution is 0.455. The monoisotopic (exact) mass is 227 g/mol. The number of benzene rings is 1. The molecule has 0 aliphatic heterocycles. The van der Waals surface area contributed by atoms with Gasteiger partial charge in [0.25, 0.3) is 0 Å². The summed E-state index contributed by atoms with van der Waals surface area (Å²) in [4.78, 5) is 0. The van der Waals surface area contributed by atoms with Crippen molar-refractivity contribution in [2.45, 2.75) is 39.2 Å². The highest BCUT2D eigenvalue weighted by Gasteiger charge is 2.13. The van der Waals surface area contributed by atoms with E-state index in [9.17, 15) is 5.11 Å². The molecule has 3 heteroatoms. The lowest BCUT2D eigenvalue weighted by Gasteiger charge is -2.14. The zero-order valence-electron chi connectivity index (χ0n) is 9.42. The Balaban J connectivity index is 3.16. The van der Waals surface area contributed by atoms with Crippen molar-refractivity contribution in [1.29, 1.82) is 0 Å². The van der Waals surface area contributed by atoms with E-state index in [1.165, 1.54) is 0 Å². The Labute approximate surface area is 96.1 Å². The Morgan fingerprint density at radius 2 is 1.93 bits per heavy atom. The molecule has 0 aliphatic carbocycles. The number of phenols is 1. The van der Waals surface area contributed by atoms with Gasteiger partial charge >= 0.3 is 0 Å². The van der Waals surface area contributed by atoms with Gasteiger partial charge in [0.2, 0.25) is 0 Å². The normalized spacial score (nSPS) is 13.2. The molecule has 15 heavy (non-hydrogen) atoms. The van der Waals surface area contributed by atoms with Gasteiger partial charge in [0.1, 0.15) is 5.75 Å². The third-order valence-electron chi connectivity index (χ3n) is 2.35. The van der Waals surface area contributed by atoms with Crippen molar-refractivity contribution >= 4 is 11.6 Å². The number of halogens is 1. The van der Waals surface area contributed by atoms with Crippen molar-refractivity contribution in [2.24, 2.45) is 5.73 Å². The second-order valence-corrected chi connectivity index (χ2v) is 4.78. The lowest BCUT2D eigenvalue weighted by atomic mass is 9.96. The molecule has 1 aromatic rings. The minimum atomic E-state index is 0.0226. The zero-order valence-corrected chi connectivity index (χ0v) is 10.2. The molecule has 0 amide bonds. The predicted octanol–water partition coefficient (Wildman–Crippen LogP) is 3.06. The summed E-state index contributed by atoms with van der Waals surface area (Å²) in [5, 5.41) is 10.7. The van der Waals surface area contributed by atoms with E-state index in [2.05, 4.69) is 0 Å². The third-order valence-corrected chi connectivity index (χ3v) is 2.57. The van der Waals surface area contributed by atoms with Crippen molar-refractivity contribution in [2.75, 3.05) is 0 Å². The molecule has 1 aromatic carbocycles. The van der Waals surface area contributed by atoms with Gasteiger partial charge in [-0.2, -0.15) is 0 Å². The minimum Gasteiger partial charge on any atom is -0.507 e. The molecule has 0 aliphatic rings. The fourth-order valence-corrected chi connectivity index (χ4v) is 1.87. The Morgan fingerprint density at radius 3 is 2.40 bits per heavy atom. The molecule has 2 nitrogen and oxygen atoms in total. The van der Waals surface area contributed by atoms with Crippen LogP contribution in [-0.4, -0.2) is 11.1 Å². The maximum atomic E-state index is 10.0. The van der Waals surface area contributed by atoms with Crippen LogP contribution in [0.2, 0.25) is 5.02 Å². The highest BCUT2D eigenvalue weighted by molar-refractivity contribution is 6.30. The second-order valence-electron chi connectivity index (χ2n) is 4.34. The highest BCUT2D eigenvalue weighted by atomic mass is 35.5. The molecular weight excluding hydrogens is 210 g/mol.